The van der Waals surface area contributed by atoms with Gasteiger partial charge in [0.05, 0.1) is 0 Å². The van der Waals surface area contributed by atoms with Gasteiger partial charge in [-0.05, 0) is 6.92 Å². The lowest BCUT2D eigenvalue weighted by Gasteiger charge is -2.28. The Morgan fingerprint density at radius 1 is 0.727 bits per heavy atom. The molecule has 0 unspecified atom stereocenters. The molecule has 0 aromatic carbocycles. The van der Waals surface area contributed by atoms with E-state index < -0.39 is 17.8 Å². The van der Waals surface area contributed by atoms with Gasteiger partial charge in [0.15, 0.2) is 0 Å². The second kappa shape index (κ2) is 2.28. The van der Waals surface area contributed by atoms with E-state index in [0.717, 1.165) is 0 Å². The fraction of sp³-hybridized carbons (Fsp3) is 1.00. The Labute approximate surface area is 59.2 Å². The molecule has 0 spiro atoms. The zero-order valence-corrected chi connectivity index (χ0v) is 5.77. The van der Waals surface area contributed by atoms with Gasteiger partial charge in [-0.25, -0.2) is 13.2 Å². The largest absolute Gasteiger partial charge is 0.428 e. The number of hydrogen-bond donors (Lipinski definition) is 0. The molecule has 1 atom stereocenters. The second-order valence-electron chi connectivity index (χ2n) is 2.39. The molecule has 0 saturated heterocycles. The molecule has 0 nitrogen and oxygen atoms in total. The Hall–Kier alpha value is -0.420. The molecule has 0 heterocycles. The zero-order valence-electron chi connectivity index (χ0n) is 5.77. The summed E-state index contributed by atoms with van der Waals surface area (Å²) in [5.74, 6) is -4.41. The molecule has 0 fully saturated rings. The summed E-state index contributed by atoms with van der Waals surface area (Å²) in [4.78, 5) is 0. The molecule has 0 amide bonds. The summed E-state index contributed by atoms with van der Waals surface area (Å²) in [7, 11) is 0. The van der Waals surface area contributed by atoms with Gasteiger partial charge in [0.2, 0.25) is 0 Å². The molecule has 0 aliphatic rings. The van der Waals surface area contributed by atoms with Crippen LogP contribution in [0.2, 0.25) is 0 Å². The van der Waals surface area contributed by atoms with Crippen molar-refractivity contribution in [2.45, 2.75) is 31.6 Å². The third kappa shape index (κ3) is 1.78. The van der Waals surface area contributed by atoms with Crippen LogP contribution in [0.15, 0.2) is 0 Å². The van der Waals surface area contributed by atoms with Gasteiger partial charge in [-0.15, -0.1) is 0 Å². The molecule has 0 bridgehead atoms. The SMILES string of the molecule is CC(F)(F)[C@@](C)(F)C(F)(F)F. The van der Waals surface area contributed by atoms with Gasteiger partial charge in [0, 0.05) is 6.92 Å². The smallest absolute Gasteiger partial charge is 0.227 e. The van der Waals surface area contributed by atoms with Crippen molar-refractivity contribution in [3.8, 4) is 0 Å². The van der Waals surface area contributed by atoms with E-state index in [4.69, 9.17) is 0 Å². The quantitative estimate of drug-likeness (QED) is 0.544. The Kier molecular flexibility index (Phi) is 2.19. The molecule has 0 aromatic heterocycles. The number of halogens is 6. The van der Waals surface area contributed by atoms with Gasteiger partial charge >= 0.3 is 6.18 Å². The maximum absolute atomic E-state index is 12.2. The van der Waals surface area contributed by atoms with Crippen molar-refractivity contribution in [2.24, 2.45) is 0 Å². The van der Waals surface area contributed by atoms with Crippen molar-refractivity contribution in [1.82, 2.24) is 0 Å². The average molecular weight is 180 g/mol. The lowest BCUT2D eigenvalue weighted by atomic mass is 10.0. The predicted octanol–water partition coefficient (Wildman–Crippen LogP) is 2.93. The Bertz CT molecular complexity index is 122. The van der Waals surface area contributed by atoms with E-state index in [-0.39, 0.29) is 13.8 Å². The molecule has 0 saturated carbocycles. The Balaban J connectivity index is 4.75. The summed E-state index contributed by atoms with van der Waals surface area (Å²) in [5, 5.41) is 0. The molecule has 0 rings (SSSR count). The van der Waals surface area contributed by atoms with E-state index in [1.54, 1.807) is 0 Å². The summed E-state index contributed by atoms with van der Waals surface area (Å²) < 4.78 is 70.5. The van der Waals surface area contributed by atoms with Crippen LogP contribution in [0.1, 0.15) is 13.8 Å². The minimum atomic E-state index is -5.54. The first-order valence-electron chi connectivity index (χ1n) is 2.63. The van der Waals surface area contributed by atoms with Gasteiger partial charge in [-0.2, -0.15) is 13.2 Å². The molecule has 6 heteroatoms. The van der Waals surface area contributed by atoms with Crippen LogP contribution in [-0.4, -0.2) is 17.8 Å². The monoisotopic (exact) mass is 180 g/mol. The van der Waals surface area contributed by atoms with Crippen LogP contribution in [0.4, 0.5) is 26.3 Å². The fourth-order valence-corrected chi connectivity index (χ4v) is 0.249. The molecule has 0 N–H and O–H groups in total. The third-order valence-electron chi connectivity index (χ3n) is 1.36. The highest BCUT2D eigenvalue weighted by atomic mass is 19.4. The maximum atomic E-state index is 12.2. The van der Waals surface area contributed by atoms with Crippen molar-refractivity contribution >= 4 is 0 Å². The zero-order chi connectivity index (χ0) is 9.50. The van der Waals surface area contributed by atoms with Crippen LogP contribution in [0, 0.1) is 0 Å². The predicted molar refractivity (Wildman–Crippen MR) is 26.2 cm³/mol. The van der Waals surface area contributed by atoms with Crippen molar-refractivity contribution in [2.75, 3.05) is 0 Å². The van der Waals surface area contributed by atoms with E-state index in [0.29, 0.717) is 0 Å². The molecule has 0 aliphatic carbocycles. The first-order valence-corrected chi connectivity index (χ1v) is 2.63. The Morgan fingerprint density at radius 3 is 1.00 bits per heavy atom. The standard InChI is InChI=1S/C5H6F6/c1-3(6,4(2,7)8)5(9,10)11/h1-2H3/t3-/m1/s1. The Morgan fingerprint density at radius 2 is 1.00 bits per heavy atom. The van der Waals surface area contributed by atoms with Crippen LogP contribution >= 0.6 is 0 Å². The van der Waals surface area contributed by atoms with Gasteiger partial charge in [0.1, 0.15) is 0 Å². The van der Waals surface area contributed by atoms with E-state index >= 15 is 0 Å². The van der Waals surface area contributed by atoms with E-state index in [9.17, 15) is 26.3 Å². The highest BCUT2D eigenvalue weighted by molar-refractivity contribution is 4.92. The summed E-state index contributed by atoms with van der Waals surface area (Å²) in [6.45, 7) is -0.298. The van der Waals surface area contributed by atoms with Crippen LogP contribution in [0.3, 0.4) is 0 Å². The topological polar surface area (TPSA) is 0 Å². The summed E-state index contributed by atoms with van der Waals surface area (Å²) in [6.07, 6.45) is -5.54. The van der Waals surface area contributed by atoms with Crippen LogP contribution in [-0.2, 0) is 0 Å². The third-order valence-corrected chi connectivity index (χ3v) is 1.36. The van der Waals surface area contributed by atoms with Crippen LogP contribution in [0.25, 0.3) is 0 Å². The lowest BCUT2D eigenvalue weighted by molar-refractivity contribution is -0.289. The second-order valence-corrected chi connectivity index (χ2v) is 2.39. The summed E-state index contributed by atoms with van der Waals surface area (Å²) in [5.41, 5.74) is -4.46. The van der Waals surface area contributed by atoms with Crippen molar-refractivity contribution in [3.63, 3.8) is 0 Å². The molecule has 11 heavy (non-hydrogen) atoms. The normalized spacial score (nSPS) is 19.6. The van der Waals surface area contributed by atoms with Gasteiger partial charge in [-0.1, -0.05) is 0 Å². The molecule has 0 radical (unpaired) electrons. The number of rotatable bonds is 1. The summed E-state index contributed by atoms with van der Waals surface area (Å²) in [6, 6.07) is 0. The summed E-state index contributed by atoms with van der Waals surface area (Å²) >= 11 is 0. The molecule has 68 valence electrons. The van der Waals surface area contributed by atoms with Gasteiger partial charge < -0.3 is 0 Å². The average Bonchev–Trinajstić information content (AvgIpc) is 1.58. The maximum Gasteiger partial charge on any atom is 0.428 e. The molecule has 0 aliphatic heterocycles. The number of hydrogen-bond acceptors (Lipinski definition) is 0. The van der Waals surface area contributed by atoms with Crippen LogP contribution < -0.4 is 0 Å². The van der Waals surface area contributed by atoms with Crippen molar-refractivity contribution in [3.05, 3.63) is 0 Å². The number of alkyl halides is 6. The van der Waals surface area contributed by atoms with E-state index in [2.05, 4.69) is 0 Å². The van der Waals surface area contributed by atoms with Crippen LogP contribution in [0.5, 0.6) is 0 Å². The first-order chi connectivity index (χ1) is 4.50. The van der Waals surface area contributed by atoms with Crippen molar-refractivity contribution < 1.29 is 26.3 Å². The lowest BCUT2D eigenvalue weighted by Crippen LogP contribution is -2.51. The first kappa shape index (κ1) is 10.6. The molecular weight excluding hydrogens is 174 g/mol. The van der Waals surface area contributed by atoms with Gasteiger partial charge in [0.25, 0.3) is 11.6 Å². The minimum Gasteiger partial charge on any atom is -0.227 e. The van der Waals surface area contributed by atoms with E-state index in [1.807, 2.05) is 0 Å². The van der Waals surface area contributed by atoms with Gasteiger partial charge in [-0.3, -0.25) is 0 Å². The molecule has 0 aromatic rings. The van der Waals surface area contributed by atoms with E-state index in [1.165, 1.54) is 0 Å². The highest BCUT2D eigenvalue weighted by Crippen LogP contribution is 2.44. The minimum absolute atomic E-state index is 0.111. The molecular formula is C5H6F6. The fourth-order valence-electron chi connectivity index (χ4n) is 0.249. The highest BCUT2D eigenvalue weighted by Gasteiger charge is 2.65. The van der Waals surface area contributed by atoms with Crippen molar-refractivity contribution in [1.29, 1.82) is 0 Å².